The van der Waals surface area contributed by atoms with E-state index in [1.165, 1.54) is 0 Å². The van der Waals surface area contributed by atoms with Crippen molar-refractivity contribution in [3.63, 3.8) is 0 Å². The number of carbonyl (C=O) groups is 2. The van der Waals surface area contributed by atoms with Crippen LogP contribution in [0.15, 0.2) is 0 Å². The maximum Gasteiger partial charge on any atom is 0.220 e. The lowest BCUT2D eigenvalue weighted by Crippen LogP contribution is -2.36. The fraction of sp³-hybridized carbons (Fsp3) is 0.909. The van der Waals surface area contributed by atoms with Crippen LogP contribution in [-0.4, -0.2) is 74.0 Å². The number of carbonyl (C=O) groups excluding carboxylic acids is 2. The number of nitrogens with one attached hydrogen (secondary N) is 2. The Morgan fingerprint density at radius 2 is 0.893 bits per heavy atom. The van der Waals surface area contributed by atoms with E-state index < -0.39 is 0 Å². The minimum absolute atomic E-state index is 0.100. The summed E-state index contributed by atoms with van der Waals surface area (Å²) in [5.74, 6) is 0.200. The van der Waals surface area contributed by atoms with E-state index in [9.17, 15) is 9.59 Å². The molecule has 166 valence electrons. The second kappa shape index (κ2) is 19.2. The third-order valence-corrected chi connectivity index (χ3v) is 4.72. The molecule has 0 atom stereocenters. The van der Waals surface area contributed by atoms with Gasteiger partial charge in [0.1, 0.15) is 0 Å². The molecule has 28 heavy (non-hydrogen) atoms. The minimum atomic E-state index is 0.100. The first kappa shape index (κ1) is 26.9. The number of amides is 2. The summed E-state index contributed by atoms with van der Waals surface area (Å²) in [6.07, 6.45) is 7.13. The molecule has 6 nitrogen and oxygen atoms in total. The van der Waals surface area contributed by atoms with E-state index in [0.29, 0.717) is 25.9 Å². The van der Waals surface area contributed by atoms with Crippen LogP contribution in [0.3, 0.4) is 0 Å². The lowest BCUT2D eigenvalue weighted by Gasteiger charge is -2.21. The third kappa shape index (κ3) is 15.9. The van der Waals surface area contributed by atoms with Gasteiger partial charge >= 0.3 is 0 Å². The average Bonchev–Trinajstić information content (AvgIpc) is 2.66. The quantitative estimate of drug-likeness (QED) is 0.328. The molecule has 0 aromatic carbocycles. The van der Waals surface area contributed by atoms with Crippen molar-refractivity contribution in [2.45, 2.75) is 79.1 Å². The van der Waals surface area contributed by atoms with Gasteiger partial charge in [0.2, 0.25) is 11.8 Å². The van der Waals surface area contributed by atoms with Gasteiger partial charge in [-0.05, 0) is 64.7 Å². The van der Waals surface area contributed by atoms with Crippen molar-refractivity contribution in [3.05, 3.63) is 0 Å². The molecule has 0 unspecified atom stereocenters. The number of rotatable bonds is 19. The van der Waals surface area contributed by atoms with Gasteiger partial charge in [0, 0.05) is 39.0 Å². The second-order valence-corrected chi connectivity index (χ2v) is 7.59. The molecule has 0 saturated heterocycles. The number of nitrogens with zero attached hydrogens (tertiary/aromatic N) is 2. The topological polar surface area (TPSA) is 64.7 Å². The zero-order valence-electron chi connectivity index (χ0n) is 19.0. The van der Waals surface area contributed by atoms with Crippen LogP contribution < -0.4 is 10.6 Å². The van der Waals surface area contributed by atoms with Crippen molar-refractivity contribution in [1.29, 1.82) is 0 Å². The molecular weight excluding hydrogens is 352 g/mol. The summed E-state index contributed by atoms with van der Waals surface area (Å²) in [5, 5.41) is 6.00. The Morgan fingerprint density at radius 3 is 1.18 bits per heavy atom. The van der Waals surface area contributed by atoms with E-state index in [1.807, 2.05) is 0 Å². The Balaban J connectivity index is 3.71. The summed E-state index contributed by atoms with van der Waals surface area (Å²) >= 11 is 0. The zero-order valence-corrected chi connectivity index (χ0v) is 19.0. The predicted octanol–water partition coefficient (Wildman–Crippen LogP) is 3.02. The van der Waals surface area contributed by atoms with Crippen LogP contribution in [0.1, 0.15) is 79.1 Å². The second-order valence-electron chi connectivity index (χ2n) is 7.59. The van der Waals surface area contributed by atoms with E-state index in [4.69, 9.17) is 0 Å². The van der Waals surface area contributed by atoms with Crippen LogP contribution in [-0.2, 0) is 9.59 Å². The third-order valence-electron chi connectivity index (χ3n) is 4.72. The predicted molar refractivity (Wildman–Crippen MR) is 119 cm³/mol. The standard InChI is InChI=1S/C22H46N4O2/c1-5-15-25(16-6-2)19-13-23-21(27)11-9-10-12-22(28)24-14-20-26(17-7-3)18-8-4/h5-20H2,1-4H3,(H,23,27)(H,24,28). The highest BCUT2D eigenvalue weighted by Crippen LogP contribution is 2.00. The Hall–Kier alpha value is -1.14. The van der Waals surface area contributed by atoms with Crippen molar-refractivity contribution in [2.24, 2.45) is 0 Å². The molecule has 0 aromatic heterocycles. The summed E-state index contributed by atoms with van der Waals surface area (Å²) in [6.45, 7) is 16.4. The van der Waals surface area contributed by atoms with E-state index >= 15 is 0 Å². The first-order valence-electron chi connectivity index (χ1n) is 11.5. The highest BCUT2D eigenvalue weighted by atomic mass is 16.2. The Morgan fingerprint density at radius 1 is 0.571 bits per heavy atom. The van der Waals surface area contributed by atoms with Crippen LogP contribution in [0.25, 0.3) is 0 Å². The van der Waals surface area contributed by atoms with E-state index in [2.05, 4.69) is 48.1 Å². The van der Waals surface area contributed by atoms with Crippen LogP contribution in [0.2, 0.25) is 0 Å². The van der Waals surface area contributed by atoms with Gasteiger partial charge in [-0.25, -0.2) is 0 Å². The number of unbranched alkanes of at least 4 members (excludes halogenated alkanes) is 1. The SMILES string of the molecule is CCCN(CCC)CCNC(=O)CCCCC(=O)NCCN(CCC)CCC. The van der Waals surface area contributed by atoms with Crippen LogP contribution in [0, 0.1) is 0 Å². The molecular formula is C22H46N4O2. The number of hydrogen-bond acceptors (Lipinski definition) is 4. The smallest absolute Gasteiger partial charge is 0.220 e. The van der Waals surface area contributed by atoms with Crippen molar-refractivity contribution >= 4 is 11.8 Å². The molecule has 0 saturated carbocycles. The van der Waals surface area contributed by atoms with Gasteiger partial charge in [0.05, 0.1) is 0 Å². The van der Waals surface area contributed by atoms with Crippen LogP contribution >= 0.6 is 0 Å². The lowest BCUT2D eigenvalue weighted by molar-refractivity contribution is -0.123. The molecule has 2 amide bonds. The van der Waals surface area contributed by atoms with Gasteiger partial charge in [-0.3, -0.25) is 9.59 Å². The summed E-state index contributed by atoms with van der Waals surface area (Å²) in [5.41, 5.74) is 0. The van der Waals surface area contributed by atoms with E-state index in [0.717, 1.165) is 77.8 Å². The first-order valence-corrected chi connectivity index (χ1v) is 11.5. The monoisotopic (exact) mass is 398 g/mol. The summed E-state index contributed by atoms with van der Waals surface area (Å²) in [6, 6.07) is 0. The largest absolute Gasteiger partial charge is 0.355 e. The van der Waals surface area contributed by atoms with Crippen molar-refractivity contribution in [1.82, 2.24) is 20.4 Å². The number of hydrogen-bond donors (Lipinski definition) is 2. The van der Waals surface area contributed by atoms with Crippen molar-refractivity contribution in [3.8, 4) is 0 Å². The summed E-state index contributed by atoms with van der Waals surface area (Å²) < 4.78 is 0. The molecule has 0 aliphatic carbocycles. The first-order chi connectivity index (χ1) is 13.6. The molecule has 0 aliphatic rings. The Labute approximate surface area is 173 Å². The molecule has 0 fully saturated rings. The highest BCUT2D eigenvalue weighted by Gasteiger charge is 2.07. The summed E-state index contributed by atoms with van der Waals surface area (Å²) in [4.78, 5) is 28.6. The Kier molecular flexibility index (Phi) is 18.4. The molecule has 0 heterocycles. The molecule has 2 N–H and O–H groups in total. The van der Waals surface area contributed by atoms with Crippen molar-refractivity contribution < 1.29 is 9.59 Å². The maximum absolute atomic E-state index is 11.9. The van der Waals surface area contributed by atoms with Gasteiger partial charge in [-0.1, -0.05) is 27.7 Å². The van der Waals surface area contributed by atoms with E-state index in [-0.39, 0.29) is 11.8 Å². The fourth-order valence-corrected chi connectivity index (χ4v) is 3.39. The Bertz CT molecular complexity index is 343. The normalized spacial score (nSPS) is 11.2. The molecule has 0 radical (unpaired) electrons. The van der Waals surface area contributed by atoms with E-state index in [1.54, 1.807) is 0 Å². The maximum atomic E-state index is 11.9. The lowest BCUT2D eigenvalue weighted by atomic mass is 10.2. The molecule has 0 spiro atoms. The van der Waals surface area contributed by atoms with Crippen molar-refractivity contribution in [2.75, 3.05) is 52.4 Å². The van der Waals surface area contributed by atoms with Crippen LogP contribution in [0.4, 0.5) is 0 Å². The molecule has 0 aromatic rings. The molecule has 0 rings (SSSR count). The molecule has 0 aliphatic heterocycles. The zero-order chi connectivity index (χ0) is 21.0. The fourth-order valence-electron chi connectivity index (χ4n) is 3.39. The minimum Gasteiger partial charge on any atom is -0.355 e. The summed E-state index contributed by atoms with van der Waals surface area (Å²) in [7, 11) is 0. The van der Waals surface area contributed by atoms with Gasteiger partial charge in [0.25, 0.3) is 0 Å². The molecule has 0 bridgehead atoms. The molecule has 6 heteroatoms. The van der Waals surface area contributed by atoms with Gasteiger partial charge in [-0.2, -0.15) is 0 Å². The van der Waals surface area contributed by atoms with Gasteiger partial charge in [-0.15, -0.1) is 0 Å². The van der Waals surface area contributed by atoms with Gasteiger partial charge in [0.15, 0.2) is 0 Å². The van der Waals surface area contributed by atoms with Gasteiger partial charge < -0.3 is 20.4 Å². The van der Waals surface area contributed by atoms with Crippen LogP contribution in [0.5, 0.6) is 0 Å². The average molecular weight is 399 g/mol. The highest BCUT2D eigenvalue weighted by molar-refractivity contribution is 5.77.